The number of carboxylic acids is 1. The molecule has 1 amide bonds. The first-order valence-electron chi connectivity index (χ1n) is 6.04. The molecule has 20 heavy (non-hydrogen) atoms. The van der Waals surface area contributed by atoms with Gasteiger partial charge in [0.25, 0.3) is 0 Å². The van der Waals surface area contributed by atoms with Crippen LogP contribution in [0.25, 0.3) is 0 Å². The van der Waals surface area contributed by atoms with Crippen LogP contribution in [0.1, 0.15) is 10.4 Å². The summed E-state index contributed by atoms with van der Waals surface area (Å²) < 4.78 is 0. The molecule has 1 aromatic rings. The minimum atomic E-state index is -0.991. The lowest BCUT2D eigenvalue weighted by Gasteiger charge is -2.19. The van der Waals surface area contributed by atoms with Crippen molar-refractivity contribution >= 4 is 23.6 Å². The van der Waals surface area contributed by atoms with E-state index in [9.17, 15) is 9.59 Å². The number of rotatable bonds is 8. The monoisotopic (exact) mass is 291 g/mol. The molecule has 1 aromatic carbocycles. The van der Waals surface area contributed by atoms with Gasteiger partial charge in [0.15, 0.2) is 0 Å². The van der Waals surface area contributed by atoms with Gasteiger partial charge in [-0.15, -0.1) is 24.9 Å². The fourth-order valence-electron chi connectivity index (χ4n) is 1.59. The van der Waals surface area contributed by atoms with Crippen LogP contribution in [-0.2, 0) is 4.79 Å². The first kappa shape index (κ1) is 16.0. The molecule has 0 saturated heterocycles. The van der Waals surface area contributed by atoms with Crippen LogP contribution in [0.5, 0.6) is 0 Å². The van der Waals surface area contributed by atoms with E-state index in [4.69, 9.17) is 5.11 Å². The van der Waals surface area contributed by atoms with Crippen molar-refractivity contribution in [3.05, 3.63) is 55.1 Å². The normalized spacial score (nSPS) is 9.80. The maximum Gasteiger partial charge on any atom is 0.336 e. The smallest absolute Gasteiger partial charge is 0.336 e. The molecule has 0 unspecified atom stereocenters. The van der Waals surface area contributed by atoms with Crippen molar-refractivity contribution in [3.63, 3.8) is 0 Å². The van der Waals surface area contributed by atoms with Crippen molar-refractivity contribution in [1.82, 2.24) is 4.90 Å². The molecule has 0 heterocycles. The lowest BCUT2D eigenvalue weighted by molar-refractivity contribution is -0.127. The largest absolute Gasteiger partial charge is 0.478 e. The summed E-state index contributed by atoms with van der Waals surface area (Å²) in [5, 5.41) is 9.07. The summed E-state index contributed by atoms with van der Waals surface area (Å²) in [6.45, 7) is 8.12. The molecular formula is C15H17NO3S. The average molecular weight is 291 g/mol. The van der Waals surface area contributed by atoms with E-state index in [0.717, 1.165) is 0 Å². The zero-order chi connectivity index (χ0) is 15.0. The summed E-state index contributed by atoms with van der Waals surface area (Å²) in [6, 6.07) is 6.65. The Morgan fingerprint density at radius 3 is 2.35 bits per heavy atom. The lowest BCUT2D eigenvalue weighted by Crippen LogP contribution is -2.32. The molecule has 0 aromatic heterocycles. The van der Waals surface area contributed by atoms with E-state index in [-0.39, 0.29) is 17.2 Å². The van der Waals surface area contributed by atoms with Gasteiger partial charge < -0.3 is 10.0 Å². The standard InChI is InChI=1S/C15H17NO3S/c1-3-9-16(10-4-2)14(17)11-20-13-8-6-5-7-12(13)15(18)19/h3-8H,1-2,9-11H2,(H,18,19). The number of benzene rings is 1. The zero-order valence-corrected chi connectivity index (χ0v) is 11.9. The van der Waals surface area contributed by atoms with E-state index in [1.807, 2.05) is 0 Å². The number of thioether (sulfide) groups is 1. The predicted molar refractivity (Wildman–Crippen MR) is 81.1 cm³/mol. The molecule has 1 rings (SSSR count). The van der Waals surface area contributed by atoms with Crippen molar-refractivity contribution in [3.8, 4) is 0 Å². The average Bonchev–Trinajstić information content (AvgIpc) is 2.44. The fourth-order valence-corrected chi connectivity index (χ4v) is 2.54. The van der Waals surface area contributed by atoms with E-state index in [2.05, 4.69) is 13.2 Å². The van der Waals surface area contributed by atoms with Crippen molar-refractivity contribution in [2.45, 2.75) is 4.90 Å². The Kier molecular flexibility index (Phi) is 6.59. The SMILES string of the molecule is C=CCN(CC=C)C(=O)CSc1ccccc1C(=O)O. The number of hydrogen-bond acceptors (Lipinski definition) is 3. The van der Waals surface area contributed by atoms with Gasteiger partial charge in [0.1, 0.15) is 0 Å². The topological polar surface area (TPSA) is 57.6 Å². The fraction of sp³-hybridized carbons (Fsp3) is 0.200. The van der Waals surface area contributed by atoms with Crippen molar-refractivity contribution in [2.75, 3.05) is 18.8 Å². The highest BCUT2D eigenvalue weighted by Gasteiger charge is 2.14. The van der Waals surface area contributed by atoms with Gasteiger partial charge in [-0.3, -0.25) is 4.79 Å². The van der Waals surface area contributed by atoms with Crippen LogP contribution in [0.3, 0.4) is 0 Å². The van der Waals surface area contributed by atoms with Gasteiger partial charge in [0, 0.05) is 18.0 Å². The van der Waals surface area contributed by atoms with Gasteiger partial charge in [-0.25, -0.2) is 4.79 Å². The molecule has 0 aliphatic carbocycles. The highest BCUT2D eigenvalue weighted by atomic mass is 32.2. The predicted octanol–water partition coefficient (Wildman–Crippen LogP) is 2.68. The molecule has 5 heteroatoms. The van der Waals surface area contributed by atoms with Gasteiger partial charge in [-0.1, -0.05) is 24.3 Å². The van der Waals surface area contributed by atoms with E-state index >= 15 is 0 Å². The van der Waals surface area contributed by atoms with Crippen LogP contribution in [0.15, 0.2) is 54.5 Å². The quantitative estimate of drug-likeness (QED) is 0.591. The van der Waals surface area contributed by atoms with Gasteiger partial charge in [-0.05, 0) is 12.1 Å². The number of carbonyl (C=O) groups excluding carboxylic acids is 1. The number of aromatic carboxylic acids is 1. The second-order valence-electron chi connectivity index (χ2n) is 3.97. The third-order valence-electron chi connectivity index (χ3n) is 2.52. The summed E-state index contributed by atoms with van der Waals surface area (Å²) in [5.41, 5.74) is 0.212. The van der Waals surface area contributed by atoms with Gasteiger partial charge in [0.05, 0.1) is 11.3 Å². The second-order valence-corrected chi connectivity index (χ2v) is 4.98. The molecule has 0 aliphatic rings. The van der Waals surface area contributed by atoms with E-state index in [1.165, 1.54) is 17.8 Å². The van der Waals surface area contributed by atoms with E-state index in [0.29, 0.717) is 18.0 Å². The zero-order valence-electron chi connectivity index (χ0n) is 11.1. The Morgan fingerprint density at radius 2 is 1.80 bits per heavy atom. The first-order valence-corrected chi connectivity index (χ1v) is 7.03. The second kappa shape index (κ2) is 8.22. The number of hydrogen-bond donors (Lipinski definition) is 1. The molecule has 1 N–H and O–H groups in total. The molecule has 0 spiro atoms. The summed E-state index contributed by atoms with van der Waals surface area (Å²) in [7, 11) is 0. The van der Waals surface area contributed by atoms with Crippen LogP contribution < -0.4 is 0 Å². The van der Waals surface area contributed by atoms with Gasteiger partial charge >= 0.3 is 5.97 Å². The molecule has 106 valence electrons. The van der Waals surface area contributed by atoms with Crippen LogP contribution in [0.4, 0.5) is 0 Å². The summed E-state index contributed by atoms with van der Waals surface area (Å²) >= 11 is 1.22. The summed E-state index contributed by atoms with van der Waals surface area (Å²) in [5.74, 6) is -0.879. The molecule has 0 bridgehead atoms. The summed E-state index contributed by atoms with van der Waals surface area (Å²) in [4.78, 5) is 25.3. The van der Waals surface area contributed by atoms with Gasteiger partial charge in [-0.2, -0.15) is 0 Å². The van der Waals surface area contributed by atoms with Gasteiger partial charge in [0.2, 0.25) is 5.91 Å². The molecule has 4 nitrogen and oxygen atoms in total. The Labute approximate surface area is 122 Å². The minimum Gasteiger partial charge on any atom is -0.478 e. The maximum atomic E-state index is 12.0. The van der Waals surface area contributed by atoms with Crippen molar-refractivity contribution < 1.29 is 14.7 Å². The Bertz CT molecular complexity index is 504. The number of nitrogens with zero attached hydrogens (tertiary/aromatic N) is 1. The molecule has 0 fully saturated rings. The Hall–Kier alpha value is -2.01. The lowest BCUT2D eigenvalue weighted by atomic mass is 10.2. The third-order valence-corrected chi connectivity index (χ3v) is 3.58. The van der Waals surface area contributed by atoms with E-state index in [1.54, 1.807) is 35.3 Å². The molecular weight excluding hydrogens is 274 g/mol. The van der Waals surface area contributed by atoms with Crippen LogP contribution in [-0.4, -0.2) is 40.7 Å². The highest BCUT2D eigenvalue weighted by Crippen LogP contribution is 2.23. The van der Waals surface area contributed by atoms with Crippen molar-refractivity contribution in [1.29, 1.82) is 0 Å². The Morgan fingerprint density at radius 1 is 1.20 bits per heavy atom. The highest BCUT2D eigenvalue weighted by molar-refractivity contribution is 8.00. The third kappa shape index (κ3) is 4.59. The van der Waals surface area contributed by atoms with Crippen LogP contribution >= 0.6 is 11.8 Å². The summed E-state index contributed by atoms with van der Waals surface area (Å²) in [6.07, 6.45) is 3.30. The number of carboxylic acid groups (broad SMARTS) is 1. The first-order chi connectivity index (χ1) is 9.60. The van der Waals surface area contributed by atoms with Crippen LogP contribution in [0.2, 0.25) is 0 Å². The molecule has 0 atom stereocenters. The molecule has 0 radical (unpaired) electrons. The van der Waals surface area contributed by atoms with Crippen molar-refractivity contribution in [2.24, 2.45) is 0 Å². The maximum absolute atomic E-state index is 12.0. The number of amides is 1. The molecule has 0 saturated carbocycles. The number of carbonyl (C=O) groups is 2. The van der Waals surface area contributed by atoms with Crippen LogP contribution in [0, 0.1) is 0 Å². The molecule has 0 aliphatic heterocycles. The minimum absolute atomic E-state index is 0.0741. The Balaban J connectivity index is 2.71. The van der Waals surface area contributed by atoms with E-state index < -0.39 is 5.97 Å².